The van der Waals surface area contributed by atoms with Gasteiger partial charge in [0.25, 0.3) is 5.56 Å². The van der Waals surface area contributed by atoms with Crippen LogP contribution in [0, 0.1) is 6.92 Å². The normalized spacial score (nSPS) is 13.5. The summed E-state index contributed by atoms with van der Waals surface area (Å²) in [6, 6.07) is 0. The Morgan fingerprint density at radius 2 is 2.33 bits per heavy atom. The first-order valence-corrected chi connectivity index (χ1v) is 3.93. The van der Waals surface area contributed by atoms with E-state index in [9.17, 15) is 4.79 Å². The van der Waals surface area contributed by atoms with Crippen LogP contribution in [0.4, 0.5) is 0 Å². The maximum absolute atomic E-state index is 11.5. The Kier molecular flexibility index (Phi) is 1.40. The number of allylic oxidation sites excluding steroid dienone is 1. The van der Waals surface area contributed by atoms with Gasteiger partial charge in [0.2, 0.25) is 0 Å². The third-order valence-electron chi connectivity index (χ3n) is 2.19. The van der Waals surface area contributed by atoms with Gasteiger partial charge in [0, 0.05) is 12.6 Å². The van der Waals surface area contributed by atoms with E-state index in [0.29, 0.717) is 0 Å². The second-order valence-corrected chi connectivity index (χ2v) is 3.01. The Morgan fingerprint density at radius 1 is 1.58 bits per heavy atom. The van der Waals surface area contributed by atoms with Crippen LogP contribution in [0.2, 0.25) is 0 Å². The average Bonchev–Trinajstić information content (AvgIpc) is 2.48. The molecule has 0 fully saturated rings. The van der Waals surface area contributed by atoms with Gasteiger partial charge in [-0.3, -0.25) is 4.79 Å². The van der Waals surface area contributed by atoms with Crippen LogP contribution >= 0.6 is 0 Å². The van der Waals surface area contributed by atoms with E-state index >= 15 is 0 Å². The Bertz CT molecular complexity index is 415. The van der Waals surface area contributed by atoms with Gasteiger partial charge in [0.1, 0.15) is 0 Å². The highest BCUT2D eigenvalue weighted by molar-refractivity contribution is 5.59. The first-order chi connectivity index (χ1) is 5.70. The molecule has 0 spiro atoms. The van der Waals surface area contributed by atoms with E-state index in [1.807, 2.05) is 19.1 Å². The number of nitrogens with zero attached hydrogens (tertiary/aromatic N) is 2. The number of fused-ring (bicyclic) bond motifs is 1. The van der Waals surface area contributed by atoms with Crippen molar-refractivity contribution in [2.24, 2.45) is 7.05 Å². The van der Waals surface area contributed by atoms with Crippen LogP contribution < -0.4 is 5.56 Å². The molecule has 1 heterocycles. The first kappa shape index (κ1) is 7.28. The Balaban J connectivity index is 2.84. The molecule has 0 aliphatic heterocycles. The molecule has 0 amide bonds. The van der Waals surface area contributed by atoms with Crippen molar-refractivity contribution in [3.05, 3.63) is 33.3 Å². The Morgan fingerprint density at radius 3 is 3.08 bits per heavy atom. The molecule has 0 saturated heterocycles. The van der Waals surface area contributed by atoms with Gasteiger partial charge in [-0.15, -0.1) is 0 Å². The zero-order chi connectivity index (χ0) is 8.72. The van der Waals surface area contributed by atoms with Gasteiger partial charge in [-0.1, -0.05) is 12.2 Å². The van der Waals surface area contributed by atoms with Crippen LogP contribution in [0.25, 0.3) is 6.08 Å². The largest absolute Gasteiger partial charge is 0.274 e. The quantitative estimate of drug-likeness (QED) is 0.561. The van der Waals surface area contributed by atoms with Crippen LogP contribution in [0.15, 0.2) is 10.9 Å². The third-order valence-corrected chi connectivity index (χ3v) is 2.19. The summed E-state index contributed by atoms with van der Waals surface area (Å²) < 4.78 is 1.39. The minimum Gasteiger partial charge on any atom is -0.267 e. The standard InChI is InChI=1S/C9H10N2O/c1-6-7-4-3-5-8(7)9(12)11(2)10-6/h3,5H,4H2,1-2H3. The van der Waals surface area contributed by atoms with Crippen molar-refractivity contribution in [3.8, 4) is 0 Å². The van der Waals surface area contributed by atoms with E-state index < -0.39 is 0 Å². The molecule has 0 unspecified atom stereocenters. The molecule has 2 rings (SSSR count). The van der Waals surface area contributed by atoms with Crippen LogP contribution in [0.1, 0.15) is 16.8 Å². The van der Waals surface area contributed by atoms with Crippen molar-refractivity contribution in [1.82, 2.24) is 9.78 Å². The van der Waals surface area contributed by atoms with Gasteiger partial charge >= 0.3 is 0 Å². The summed E-state index contributed by atoms with van der Waals surface area (Å²) in [4.78, 5) is 11.5. The van der Waals surface area contributed by atoms with Gasteiger partial charge < -0.3 is 0 Å². The number of aromatic nitrogens is 2. The summed E-state index contributed by atoms with van der Waals surface area (Å²) in [7, 11) is 1.68. The molecule has 12 heavy (non-hydrogen) atoms. The van der Waals surface area contributed by atoms with Gasteiger partial charge in [-0.2, -0.15) is 5.10 Å². The summed E-state index contributed by atoms with van der Waals surface area (Å²) in [5.41, 5.74) is 2.85. The van der Waals surface area contributed by atoms with Gasteiger partial charge in [0.15, 0.2) is 0 Å². The lowest BCUT2D eigenvalue weighted by molar-refractivity contribution is 0.685. The molecule has 0 bridgehead atoms. The van der Waals surface area contributed by atoms with Crippen LogP contribution in [-0.4, -0.2) is 9.78 Å². The predicted octanol–water partition coefficient (Wildman–Crippen LogP) is 0.658. The molecule has 1 aliphatic carbocycles. The lowest BCUT2D eigenvalue weighted by Crippen LogP contribution is -2.23. The van der Waals surface area contributed by atoms with E-state index in [-0.39, 0.29) is 5.56 Å². The van der Waals surface area contributed by atoms with Crippen molar-refractivity contribution < 1.29 is 0 Å². The average molecular weight is 162 g/mol. The molecule has 0 atom stereocenters. The molecule has 0 saturated carbocycles. The van der Waals surface area contributed by atoms with Gasteiger partial charge in [0.05, 0.1) is 5.69 Å². The number of rotatable bonds is 0. The SMILES string of the molecule is Cc1nn(C)c(=O)c2c1CC=C2. The van der Waals surface area contributed by atoms with Gasteiger partial charge in [-0.05, 0) is 18.9 Å². The molecule has 1 aliphatic rings. The number of hydrogen-bond acceptors (Lipinski definition) is 2. The zero-order valence-corrected chi connectivity index (χ0v) is 7.16. The van der Waals surface area contributed by atoms with Crippen molar-refractivity contribution in [2.45, 2.75) is 13.3 Å². The van der Waals surface area contributed by atoms with Gasteiger partial charge in [-0.25, -0.2) is 4.68 Å². The topological polar surface area (TPSA) is 34.9 Å². The molecule has 3 heteroatoms. The highest BCUT2D eigenvalue weighted by atomic mass is 16.1. The highest BCUT2D eigenvalue weighted by Gasteiger charge is 2.13. The number of aryl methyl sites for hydroxylation is 2. The van der Waals surface area contributed by atoms with Crippen molar-refractivity contribution >= 4 is 6.08 Å². The monoisotopic (exact) mass is 162 g/mol. The second-order valence-electron chi connectivity index (χ2n) is 3.01. The fraction of sp³-hybridized carbons (Fsp3) is 0.333. The molecule has 1 aromatic heterocycles. The molecule has 0 aromatic carbocycles. The molecule has 0 N–H and O–H groups in total. The number of hydrogen-bond donors (Lipinski definition) is 0. The molecule has 0 radical (unpaired) electrons. The van der Waals surface area contributed by atoms with E-state index in [4.69, 9.17) is 0 Å². The van der Waals surface area contributed by atoms with Crippen LogP contribution in [0.5, 0.6) is 0 Å². The lowest BCUT2D eigenvalue weighted by atomic mass is 10.1. The fourth-order valence-electron chi connectivity index (χ4n) is 1.55. The maximum atomic E-state index is 11.5. The third kappa shape index (κ3) is 0.826. The molecule has 62 valence electrons. The smallest absolute Gasteiger partial charge is 0.267 e. The van der Waals surface area contributed by atoms with Crippen molar-refractivity contribution in [2.75, 3.05) is 0 Å². The van der Waals surface area contributed by atoms with E-state index in [1.54, 1.807) is 7.05 Å². The maximum Gasteiger partial charge on any atom is 0.274 e. The summed E-state index contributed by atoms with van der Waals surface area (Å²) in [5.74, 6) is 0. The highest BCUT2D eigenvalue weighted by Crippen LogP contribution is 2.16. The van der Waals surface area contributed by atoms with Crippen LogP contribution in [-0.2, 0) is 13.5 Å². The predicted molar refractivity (Wildman–Crippen MR) is 47.0 cm³/mol. The summed E-state index contributed by atoms with van der Waals surface area (Å²) in [5, 5.41) is 4.11. The zero-order valence-electron chi connectivity index (χ0n) is 7.16. The molecule has 1 aromatic rings. The minimum atomic E-state index is 0.00403. The van der Waals surface area contributed by atoms with Crippen molar-refractivity contribution in [3.63, 3.8) is 0 Å². The molecular formula is C9H10N2O. The van der Waals surface area contributed by atoms with E-state index in [2.05, 4.69) is 5.10 Å². The second kappa shape index (κ2) is 2.30. The Hall–Kier alpha value is -1.38. The van der Waals surface area contributed by atoms with Crippen LogP contribution in [0.3, 0.4) is 0 Å². The molecular weight excluding hydrogens is 152 g/mol. The first-order valence-electron chi connectivity index (χ1n) is 3.93. The fourth-order valence-corrected chi connectivity index (χ4v) is 1.55. The minimum absolute atomic E-state index is 0.00403. The lowest BCUT2D eigenvalue weighted by Gasteiger charge is -2.04. The van der Waals surface area contributed by atoms with E-state index in [1.165, 1.54) is 4.68 Å². The summed E-state index contributed by atoms with van der Waals surface area (Å²) in [6.45, 7) is 1.94. The Labute approximate surface area is 70.3 Å². The molecule has 3 nitrogen and oxygen atoms in total. The summed E-state index contributed by atoms with van der Waals surface area (Å²) >= 11 is 0. The van der Waals surface area contributed by atoms with Crippen molar-refractivity contribution in [1.29, 1.82) is 0 Å². The summed E-state index contributed by atoms with van der Waals surface area (Å²) in [6.07, 6.45) is 4.73. The van der Waals surface area contributed by atoms with E-state index in [0.717, 1.165) is 23.2 Å².